The van der Waals surface area contributed by atoms with Crippen molar-refractivity contribution < 1.29 is 19.8 Å². The van der Waals surface area contributed by atoms with Crippen LogP contribution in [0.5, 0.6) is 0 Å². The molecule has 2 N–H and O–H groups in total. The number of rotatable bonds is 20. The van der Waals surface area contributed by atoms with Crippen molar-refractivity contribution in [2.75, 3.05) is 11.5 Å². The molecule has 0 rings (SSSR count). The van der Waals surface area contributed by atoms with E-state index in [1.165, 1.54) is 76.0 Å². The number of aliphatic carboxylic acids is 2. The molecule has 0 aromatic rings. The van der Waals surface area contributed by atoms with Gasteiger partial charge in [-0.05, 0) is 0 Å². The van der Waals surface area contributed by atoms with Gasteiger partial charge in [0.15, 0.2) is 0 Å². The summed E-state index contributed by atoms with van der Waals surface area (Å²) in [5, 5.41) is 16.4. The molecule has 0 fully saturated rings. The molecule has 0 spiro atoms. The van der Waals surface area contributed by atoms with Crippen LogP contribution in [0, 0.1) is 0 Å². The van der Waals surface area contributed by atoms with Gasteiger partial charge >= 0.3 is 133 Å². The fourth-order valence-electron chi connectivity index (χ4n) is 2.61. The van der Waals surface area contributed by atoms with E-state index in [0.29, 0.717) is 11.5 Å². The van der Waals surface area contributed by atoms with E-state index in [0.717, 1.165) is 0 Å². The average Bonchev–Trinajstić information content (AvgIpc) is 2.65. The van der Waals surface area contributed by atoms with Gasteiger partial charge in [0.05, 0.1) is 12.8 Å². The maximum atomic E-state index is 9.97. The molecule has 28 heavy (non-hydrogen) atoms. The zero-order chi connectivity index (χ0) is 21.3. The molecule has 0 aliphatic rings. The third-order valence-electron chi connectivity index (χ3n) is 4.33. The summed E-state index contributed by atoms with van der Waals surface area (Å²) in [7, 11) is 0. The van der Waals surface area contributed by atoms with Gasteiger partial charge in [-0.15, -0.1) is 0 Å². The molecule has 0 saturated heterocycles. The number of carboxylic acid groups (broad SMARTS) is 2. The Bertz CT molecular complexity index is 310. The molecule has 4 nitrogen and oxygen atoms in total. The smallest absolute Gasteiger partial charge is 0.304 e. The third-order valence-corrected chi connectivity index (χ3v) is 9.36. The van der Waals surface area contributed by atoms with E-state index in [4.69, 9.17) is 10.2 Å². The number of carbonyl (C=O) groups is 2. The summed E-state index contributed by atoms with van der Waals surface area (Å²) in [6.07, 6.45) is 18.0. The van der Waals surface area contributed by atoms with Crippen molar-refractivity contribution in [1.29, 1.82) is 0 Å². The van der Waals surface area contributed by atoms with Crippen LogP contribution in [0.3, 0.4) is 0 Å². The Kier molecular flexibility index (Phi) is 29.3. The number of hydrogen-bond acceptors (Lipinski definition) is 3. The largest absolute Gasteiger partial charge is 0.481 e. The van der Waals surface area contributed by atoms with Gasteiger partial charge in [0.25, 0.3) is 0 Å². The molecule has 2 radical (unpaired) electrons. The minimum absolute atomic E-state index is 0.0736. The molecule has 0 aromatic heterocycles. The monoisotopic (exact) mass is 524 g/mol. The average molecular weight is 523 g/mol. The molecular formula is C22H44O4SSn. The Balaban J connectivity index is 0. The van der Waals surface area contributed by atoms with E-state index < -0.39 is 11.9 Å². The van der Waals surface area contributed by atoms with Gasteiger partial charge in [-0.3, -0.25) is 9.59 Å². The molecule has 6 heteroatoms. The van der Waals surface area contributed by atoms with Crippen molar-refractivity contribution in [3.63, 3.8) is 0 Å². The molecule has 0 bridgehead atoms. The van der Waals surface area contributed by atoms with Crippen LogP contribution in [-0.4, -0.2) is 54.8 Å². The first kappa shape index (κ1) is 30.3. The molecule has 0 aromatic carbocycles. The molecule has 0 aliphatic heterocycles. The second-order valence-corrected chi connectivity index (χ2v) is 12.7. The SMILES string of the molecule is CCCCCCC[CH2][Sn][CH2]CCCCCCC.O=C(O)CCSCCC(=O)O. The first-order valence-electron chi connectivity index (χ1n) is 11.3. The number of carboxylic acids is 2. The Morgan fingerprint density at radius 1 is 0.643 bits per heavy atom. The van der Waals surface area contributed by atoms with Crippen molar-refractivity contribution in [2.24, 2.45) is 0 Å². The van der Waals surface area contributed by atoms with E-state index in [2.05, 4.69) is 13.8 Å². The second-order valence-electron chi connectivity index (χ2n) is 7.19. The summed E-state index contributed by atoms with van der Waals surface area (Å²) in [6.45, 7) is 4.60. The molecule has 0 heterocycles. The van der Waals surface area contributed by atoms with E-state index in [1.54, 1.807) is 21.7 Å². The van der Waals surface area contributed by atoms with Gasteiger partial charge in [-0.1, -0.05) is 0 Å². The molecule has 0 atom stereocenters. The van der Waals surface area contributed by atoms with Gasteiger partial charge in [-0.25, -0.2) is 0 Å². The molecule has 0 aliphatic carbocycles. The van der Waals surface area contributed by atoms with Crippen molar-refractivity contribution in [3.05, 3.63) is 0 Å². The van der Waals surface area contributed by atoms with Crippen LogP contribution in [0.15, 0.2) is 0 Å². The molecule has 166 valence electrons. The van der Waals surface area contributed by atoms with E-state index in [9.17, 15) is 9.59 Å². The van der Waals surface area contributed by atoms with Crippen molar-refractivity contribution in [3.8, 4) is 0 Å². The number of unbranched alkanes of at least 4 members (excludes halogenated alkanes) is 10. The van der Waals surface area contributed by atoms with Gasteiger partial charge < -0.3 is 10.2 Å². The summed E-state index contributed by atoms with van der Waals surface area (Å²) in [5.41, 5.74) is 0. The first-order chi connectivity index (χ1) is 13.5. The van der Waals surface area contributed by atoms with Gasteiger partial charge in [-0.2, -0.15) is 11.8 Å². The minimum atomic E-state index is -0.840. The molecule has 0 amide bonds. The van der Waals surface area contributed by atoms with Crippen LogP contribution in [0.2, 0.25) is 8.87 Å². The fraction of sp³-hybridized carbons (Fsp3) is 0.909. The molecule has 0 unspecified atom stereocenters. The third kappa shape index (κ3) is 33.7. The van der Waals surface area contributed by atoms with Gasteiger partial charge in [0, 0.05) is 11.5 Å². The quantitative estimate of drug-likeness (QED) is 0.134. The van der Waals surface area contributed by atoms with Crippen LogP contribution >= 0.6 is 11.8 Å². The Labute approximate surface area is 188 Å². The first-order valence-corrected chi connectivity index (χ1v) is 16.5. The fourth-order valence-corrected chi connectivity index (χ4v) is 7.02. The second kappa shape index (κ2) is 27.1. The Hall–Kier alpha value is 0.0887. The zero-order valence-electron chi connectivity index (χ0n) is 18.3. The van der Waals surface area contributed by atoms with E-state index in [1.807, 2.05) is 0 Å². The summed E-state index contributed by atoms with van der Waals surface area (Å²) in [5.74, 6) is -0.703. The summed E-state index contributed by atoms with van der Waals surface area (Å²) in [6, 6.07) is 0. The summed E-state index contributed by atoms with van der Waals surface area (Å²) < 4.78 is 3.31. The predicted octanol–water partition coefficient (Wildman–Crippen LogP) is 6.92. The van der Waals surface area contributed by atoms with Gasteiger partial charge in [0.2, 0.25) is 0 Å². The van der Waals surface area contributed by atoms with E-state index >= 15 is 0 Å². The van der Waals surface area contributed by atoms with Crippen LogP contribution in [-0.2, 0) is 9.59 Å². The minimum Gasteiger partial charge on any atom is -0.481 e. The molecule has 0 saturated carbocycles. The summed E-state index contributed by atoms with van der Waals surface area (Å²) >= 11 is 1.42. The van der Waals surface area contributed by atoms with Crippen LogP contribution in [0.1, 0.15) is 104 Å². The van der Waals surface area contributed by atoms with Crippen molar-refractivity contribution in [1.82, 2.24) is 0 Å². The normalized spacial score (nSPS) is 10.4. The van der Waals surface area contributed by atoms with Crippen LogP contribution in [0.25, 0.3) is 0 Å². The van der Waals surface area contributed by atoms with Gasteiger partial charge in [0.1, 0.15) is 0 Å². The maximum absolute atomic E-state index is 9.97. The standard InChI is InChI=1S/2C8H17.C6H10O4S.Sn/c2*1-3-5-7-8-6-4-2;7-5(8)1-3-11-4-2-6(9)10;/h2*1,3-8H2,2H3;1-4H2,(H,7,8)(H,9,10);. The summed E-state index contributed by atoms with van der Waals surface area (Å²) in [4.78, 5) is 19.9. The predicted molar refractivity (Wildman–Crippen MR) is 124 cm³/mol. The number of hydrogen-bond donors (Lipinski definition) is 2. The zero-order valence-corrected chi connectivity index (χ0v) is 22.0. The van der Waals surface area contributed by atoms with Crippen molar-refractivity contribution in [2.45, 2.75) is 113 Å². The van der Waals surface area contributed by atoms with Crippen molar-refractivity contribution >= 4 is 44.8 Å². The number of thioether (sulfide) groups is 1. The van der Waals surface area contributed by atoms with Crippen LogP contribution in [0.4, 0.5) is 0 Å². The Morgan fingerprint density at radius 2 is 1.00 bits per heavy atom. The topological polar surface area (TPSA) is 74.6 Å². The Morgan fingerprint density at radius 3 is 1.36 bits per heavy atom. The maximum Gasteiger partial charge on any atom is 0.304 e. The van der Waals surface area contributed by atoms with Crippen LogP contribution < -0.4 is 0 Å². The van der Waals surface area contributed by atoms with E-state index in [-0.39, 0.29) is 34.0 Å². The molecular weight excluding hydrogens is 479 g/mol.